The molecule has 0 aromatic heterocycles. The Labute approximate surface area is 203 Å². The van der Waals surface area contributed by atoms with E-state index in [0.29, 0.717) is 18.8 Å². The average molecular weight is 464 g/mol. The smallest absolute Gasteiger partial charge is 0.331 e. The van der Waals surface area contributed by atoms with Crippen LogP contribution in [-0.4, -0.2) is 34.7 Å². The van der Waals surface area contributed by atoms with Gasteiger partial charge in [-0.25, -0.2) is 4.79 Å². The second kappa shape index (κ2) is 10.3. The van der Waals surface area contributed by atoms with Gasteiger partial charge in [-0.3, -0.25) is 4.79 Å². The molecule has 5 nitrogen and oxygen atoms in total. The van der Waals surface area contributed by atoms with Crippen LogP contribution in [0.1, 0.15) is 52.0 Å². The fourth-order valence-electron chi connectivity index (χ4n) is 5.92. The van der Waals surface area contributed by atoms with E-state index in [1.807, 2.05) is 18.2 Å². The molecule has 0 bridgehead atoms. The molecule has 1 saturated heterocycles. The number of carbonyl (C=O) groups is 2. The van der Waals surface area contributed by atoms with Gasteiger partial charge in [-0.15, -0.1) is 0 Å². The van der Waals surface area contributed by atoms with Gasteiger partial charge in [0.2, 0.25) is 5.60 Å². The zero-order valence-corrected chi connectivity index (χ0v) is 20.4. The van der Waals surface area contributed by atoms with Gasteiger partial charge < -0.3 is 15.2 Å². The number of amides is 1. The number of aliphatic hydroxyl groups is 1. The van der Waals surface area contributed by atoms with Crippen LogP contribution in [0.4, 0.5) is 0 Å². The standard InChI is InChI=1S/C29H37NO4/c1-19-9-7-13-23-17-20(2)21(3)27-25(18-22-11-5-4-6-12-22)30-28(33)29(23,27)34-26(32)16-15-24(31)14-8-10-19/h4-7,11-13,15-17,19,21,23-25,27,31H,8-10,14,18H2,1-3H3,(H,30,33)/t19-,21+,23+,24+,25-,27-,29-/m0/s1. The Kier molecular flexibility index (Phi) is 7.42. The quantitative estimate of drug-likeness (QED) is 0.499. The lowest BCUT2D eigenvalue weighted by atomic mass is 9.63. The highest BCUT2D eigenvalue weighted by atomic mass is 16.6. The van der Waals surface area contributed by atoms with Crippen molar-refractivity contribution in [1.82, 2.24) is 5.32 Å². The van der Waals surface area contributed by atoms with Crippen molar-refractivity contribution in [3.8, 4) is 0 Å². The molecule has 0 unspecified atom stereocenters. The first-order chi connectivity index (χ1) is 16.3. The average Bonchev–Trinajstić information content (AvgIpc) is 3.07. The topological polar surface area (TPSA) is 75.6 Å². The van der Waals surface area contributed by atoms with E-state index in [1.54, 1.807) is 0 Å². The van der Waals surface area contributed by atoms with Gasteiger partial charge in [0.05, 0.1) is 6.10 Å². The summed E-state index contributed by atoms with van der Waals surface area (Å²) >= 11 is 0. The summed E-state index contributed by atoms with van der Waals surface area (Å²) in [6, 6.07) is 9.97. The van der Waals surface area contributed by atoms with E-state index in [9.17, 15) is 14.7 Å². The van der Waals surface area contributed by atoms with E-state index < -0.39 is 17.7 Å². The summed E-state index contributed by atoms with van der Waals surface area (Å²) in [5.74, 6) is -0.813. The zero-order chi connectivity index (χ0) is 24.3. The molecule has 7 atom stereocenters. The molecule has 34 heavy (non-hydrogen) atoms. The molecule has 1 aromatic rings. The Balaban J connectivity index is 1.75. The van der Waals surface area contributed by atoms with Crippen LogP contribution in [0.2, 0.25) is 0 Å². The summed E-state index contributed by atoms with van der Waals surface area (Å²) in [5, 5.41) is 13.5. The normalized spacial score (nSPS) is 36.5. The number of ether oxygens (including phenoxy) is 1. The number of rotatable bonds is 2. The molecule has 1 aromatic carbocycles. The first-order valence-corrected chi connectivity index (χ1v) is 12.6. The lowest BCUT2D eigenvalue weighted by Crippen LogP contribution is -2.56. The van der Waals surface area contributed by atoms with Gasteiger partial charge in [-0.2, -0.15) is 0 Å². The Hall–Kier alpha value is -2.66. The molecule has 3 aliphatic rings. The van der Waals surface area contributed by atoms with Gasteiger partial charge >= 0.3 is 5.97 Å². The van der Waals surface area contributed by atoms with Gasteiger partial charge in [0.15, 0.2) is 0 Å². The number of carbonyl (C=O) groups excluding carboxylic acids is 2. The molecule has 1 amide bonds. The van der Waals surface area contributed by atoms with Crippen molar-refractivity contribution in [3.63, 3.8) is 0 Å². The second-order valence-corrected chi connectivity index (χ2v) is 10.4. The maximum Gasteiger partial charge on any atom is 0.331 e. The Morgan fingerprint density at radius 2 is 1.88 bits per heavy atom. The van der Waals surface area contributed by atoms with Crippen molar-refractivity contribution in [1.29, 1.82) is 0 Å². The number of esters is 1. The molecule has 182 valence electrons. The maximum atomic E-state index is 13.7. The minimum atomic E-state index is -1.31. The number of hydrogen-bond acceptors (Lipinski definition) is 4. The van der Waals surface area contributed by atoms with Crippen molar-refractivity contribution in [2.45, 2.75) is 70.6 Å². The Morgan fingerprint density at radius 3 is 2.65 bits per heavy atom. The Bertz CT molecular complexity index is 981. The summed E-state index contributed by atoms with van der Waals surface area (Å²) in [5.41, 5.74) is 1.04. The first kappa shape index (κ1) is 24.5. The highest BCUT2D eigenvalue weighted by Gasteiger charge is 2.64. The monoisotopic (exact) mass is 463 g/mol. The van der Waals surface area contributed by atoms with Crippen molar-refractivity contribution in [2.75, 3.05) is 0 Å². The van der Waals surface area contributed by atoms with Gasteiger partial charge in [-0.05, 0) is 49.7 Å². The highest BCUT2D eigenvalue weighted by molar-refractivity contribution is 5.94. The fraction of sp³-hybridized carbons (Fsp3) is 0.517. The minimum Gasteiger partial charge on any atom is -0.444 e. The Morgan fingerprint density at radius 1 is 1.12 bits per heavy atom. The molecule has 2 heterocycles. The van der Waals surface area contributed by atoms with E-state index >= 15 is 0 Å². The zero-order valence-electron chi connectivity index (χ0n) is 20.4. The van der Waals surface area contributed by atoms with Crippen LogP contribution < -0.4 is 5.32 Å². The van der Waals surface area contributed by atoms with Gasteiger partial charge in [-0.1, -0.05) is 80.8 Å². The largest absolute Gasteiger partial charge is 0.444 e. The van der Waals surface area contributed by atoms with E-state index in [-0.39, 0.29) is 29.7 Å². The van der Waals surface area contributed by atoms with Crippen LogP contribution in [0.25, 0.3) is 0 Å². The van der Waals surface area contributed by atoms with Crippen molar-refractivity contribution >= 4 is 11.9 Å². The summed E-state index contributed by atoms with van der Waals surface area (Å²) in [6.45, 7) is 6.44. The summed E-state index contributed by atoms with van der Waals surface area (Å²) < 4.78 is 6.14. The molecule has 1 spiro atoms. The molecular formula is C29H37NO4. The van der Waals surface area contributed by atoms with Crippen LogP contribution in [0.15, 0.2) is 66.3 Å². The van der Waals surface area contributed by atoms with Crippen molar-refractivity contribution in [3.05, 3.63) is 71.8 Å². The van der Waals surface area contributed by atoms with E-state index in [4.69, 9.17) is 4.74 Å². The van der Waals surface area contributed by atoms with Crippen molar-refractivity contribution in [2.24, 2.45) is 23.7 Å². The molecular weight excluding hydrogens is 426 g/mol. The summed E-state index contributed by atoms with van der Waals surface area (Å²) in [4.78, 5) is 26.7. The maximum absolute atomic E-state index is 13.7. The third-order valence-corrected chi connectivity index (χ3v) is 7.90. The minimum absolute atomic E-state index is 0.0671. The van der Waals surface area contributed by atoms with Crippen LogP contribution in [0.3, 0.4) is 0 Å². The van der Waals surface area contributed by atoms with Crippen LogP contribution in [-0.2, 0) is 20.7 Å². The lowest BCUT2D eigenvalue weighted by molar-refractivity contribution is -0.172. The molecule has 4 rings (SSSR count). The fourth-order valence-corrected chi connectivity index (χ4v) is 5.92. The predicted molar refractivity (Wildman–Crippen MR) is 133 cm³/mol. The molecule has 5 heteroatoms. The predicted octanol–water partition coefficient (Wildman–Crippen LogP) is 4.52. The van der Waals surface area contributed by atoms with E-state index in [1.165, 1.54) is 17.7 Å². The van der Waals surface area contributed by atoms with Gasteiger partial charge in [0, 0.05) is 24.0 Å². The third kappa shape index (κ3) is 4.90. The van der Waals surface area contributed by atoms with Gasteiger partial charge in [0.25, 0.3) is 5.91 Å². The second-order valence-electron chi connectivity index (χ2n) is 10.4. The molecule has 0 radical (unpaired) electrons. The van der Waals surface area contributed by atoms with Gasteiger partial charge in [0.1, 0.15) is 0 Å². The van der Waals surface area contributed by atoms with Crippen molar-refractivity contribution < 1.29 is 19.4 Å². The number of nitrogens with one attached hydrogen (secondary N) is 1. The first-order valence-electron chi connectivity index (χ1n) is 12.6. The highest BCUT2D eigenvalue weighted by Crippen LogP contribution is 2.50. The lowest BCUT2D eigenvalue weighted by Gasteiger charge is -2.44. The molecule has 2 N–H and O–H groups in total. The summed E-state index contributed by atoms with van der Waals surface area (Å²) in [7, 11) is 0. The van der Waals surface area contributed by atoms with E-state index in [2.05, 4.69) is 56.4 Å². The molecule has 0 saturated carbocycles. The van der Waals surface area contributed by atoms with Crippen LogP contribution in [0, 0.1) is 23.7 Å². The molecule has 1 fully saturated rings. The number of hydrogen-bond donors (Lipinski definition) is 2. The number of benzene rings is 1. The number of aliphatic hydroxyl groups excluding tert-OH is 1. The van der Waals surface area contributed by atoms with Crippen LogP contribution >= 0.6 is 0 Å². The third-order valence-electron chi connectivity index (χ3n) is 7.90. The SMILES string of the molecule is CC1=C[C@H]2C=CC[C@H](C)CCC[C@@H](O)C=CC(=O)O[C@@]23C(=O)N[C@@H](Cc2ccccc2)[C@@H]3[C@@H]1C. The number of allylic oxidation sites excluding steroid dienone is 2. The summed E-state index contributed by atoms with van der Waals surface area (Å²) in [6.07, 6.45) is 12.5. The van der Waals surface area contributed by atoms with E-state index in [0.717, 1.165) is 24.8 Å². The molecule has 2 aliphatic heterocycles. The molecule has 1 aliphatic carbocycles. The van der Waals surface area contributed by atoms with Crippen LogP contribution in [0.5, 0.6) is 0 Å².